The molecule has 0 aromatic carbocycles. The first-order chi connectivity index (χ1) is 4.84. The minimum absolute atomic E-state index is 0.274. The third-order valence-electron chi connectivity index (χ3n) is 1.04. The van der Waals surface area contributed by atoms with E-state index in [0.717, 1.165) is 0 Å². The van der Waals surface area contributed by atoms with E-state index in [4.69, 9.17) is 0 Å². The van der Waals surface area contributed by atoms with Gasteiger partial charge >= 0.3 is 5.69 Å². The predicted octanol–water partition coefficient (Wildman–Crippen LogP) is -0.193. The quantitative estimate of drug-likeness (QED) is 0.617. The Hall–Kier alpha value is -1.32. The molecule has 0 bridgehead atoms. The zero-order valence-corrected chi connectivity index (χ0v) is 5.74. The summed E-state index contributed by atoms with van der Waals surface area (Å²) in [6, 6.07) is 1.70. The lowest BCUT2D eigenvalue weighted by Gasteiger charge is -2.02. The Kier molecular flexibility index (Phi) is 2.04. The SMILES string of the molecule is CCNn1cccnc1=O. The van der Waals surface area contributed by atoms with Crippen LogP contribution in [-0.4, -0.2) is 16.2 Å². The second-order valence-electron chi connectivity index (χ2n) is 1.78. The molecule has 0 saturated heterocycles. The first-order valence-electron chi connectivity index (χ1n) is 3.12. The third kappa shape index (κ3) is 1.34. The maximum Gasteiger partial charge on any atom is 0.366 e. The van der Waals surface area contributed by atoms with Gasteiger partial charge < -0.3 is 5.43 Å². The largest absolute Gasteiger partial charge is 0.366 e. The second kappa shape index (κ2) is 3.00. The van der Waals surface area contributed by atoms with E-state index in [9.17, 15) is 4.79 Å². The van der Waals surface area contributed by atoms with E-state index in [0.29, 0.717) is 6.54 Å². The van der Waals surface area contributed by atoms with Gasteiger partial charge in [0.25, 0.3) is 0 Å². The summed E-state index contributed by atoms with van der Waals surface area (Å²) < 4.78 is 1.35. The summed E-state index contributed by atoms with van der Waals surface area (Å²) in [5.41, 5.74) is 2.54. The van der Waals surface area contributed by atoms with E-state index >= 15 is 0 Å². The normalized spacial score (nSPS) is 9.30. The number of nitrogens with one attached hydrogen (secondary N) is 1. The number of rotatable bonds is 2. The van der Waals surface area contributed by atoms with Gasteiger partial charge in [0.1, 0.15) is 0 Å². The molecule has 4 nitrogen and oxygen atoms in total. The summed E-state index contributed by atoms with van der Waals surface area (Å²) in [5, 5.41) is 0. The van der Waals surface area contributed by atoms with Crippen LogP contribution < -0.4 is 11.1 Å². The van der Waals surface area contributed by atoms with Gasteiger partial charge in [-0.05, 0) is 13.0 Å². The van der Waals surface area contributed by atoms with E-state index in [1.54, 1.807) is 12.3 Å². The summed E-state index contributed by atoms with van der Waals surface area (Å²) in [6.45, 7) is 2.63. The lowest BCUT2D eigenvalue weighted by atomic mass is 10.7. The Bertz CT molecular complexity index is 255. The van der Waals surface area contributed by atoms with Crippen molar-refractivity contribution < 1.29 is 0 Å². The molecule has 0 unspecified atom stereocenters. The molecule has 0 aliphatic rings. The molecule has 54 valence electrons. The van der Waals surface area contributed by atoms with Crippen LogP contribution in [0, 0.1) is 0 Å². The van der Waals surface area contributed by atoms with E-state index in [1.807, 2.05) is 6.92 Å². The van der Waals surface area contributed by atoms with Gasteiger partial charge in [-0.25, -0.2) is 14.5 Å². The molecule has 0 fully saturated rings. The van der Waals surface area contributed by atoms with Crippen molar-refractivity contribution >= 4 is 0 Å². The van der Waals surface area contributed by atoms with Crippen molar-refractivity contribution in [1.29, 1.82) is 0 Å². The molecule has 1 rings (SSSR count). The zero-order valence-electron chi connectivity index (χ0n) is 5.74. The minimum Gasteiger partial charge on any atom is -0.322 e. The number of hydrogen-bond acceptors (Lipinski definition) is 3. The van der Waals surface area contributed by atoms with Crippen LogP contribution in [0.4, 0.5) is 0 Å². The highest BCUT2D eigenvalue weighted by Crippen LogP contribution is 1.71. The molecule has 0 aliphatic heterocycles. The van der Waals surface area contributed by atoms with E-state index < -0.39 is 0 Å². The molecule has 0 aliphatic carbocycles. The van der Waals surface area contributed by atoms with Gasteiger partial charge in [-0.15, -0.1) is 0 Å². The molecule has 0 radical (unpaired) electrons. The standard InChI is InChI=1S/C6H9N3O/c1-2-8-9-5-3-4-7-6(9)10/h3-5,8H,2H2,1H3. The first kappa shape index (κ1) is 6.80. The maximum absolute atomic E-state index is 10.8. The van der Waals surface area contributed by atoms with Crippen molar-refractivity contribution in [2.75, 3.05) is 12.0 Å². The van der Waals surface area contributed by atoms with Crippen LogP contribution in [0.1, 0.15) is 6.92 Å². The van der Waals surface area contributed by atoms with E-state index in [-0.39, 0.29) is 5.69 Å². The predicted molar refractivity (Wildman–Crippen MR) is 38.4 cm³/mol. The number of nitrogens with zero attached hydrogens (tertiary/aromatic N) is 2. The summed E-state index contributed by atoms with van der Waals surface area (Å²) in [6.07, 6.45) is 3.11. The molecule has 0 atom stereocenters. The summed E-state index contributed by atoms with van der Waals surface area (Å²) in [7, 11) is 0. The lowest BCUT2D eigenvalue weighted by Crippen LogP contribution is -2.29. The third-order valence-corrected chi connectivity index (χ3v) is 1.04. The van der Waals surface area contributed by atoms with Gasteiger partial charge in [-0.2, -0.15) is 0 Å². The van der Waals surface area contributed by atoms with Crippen LogP contribution in [-0.2, 0) is 0 Å². The average Bonchev–Trinajstić information content (AvgIpc) is 1.94. The Labute approximate surface area is 58.5 Å². The zero-order chi connectivity index (χ0) is 7.40. The molecular formula is C6H9N3O. The monoisotopic (exact) mass is 139 g/mol. The Morgan fingerprint density at radius 1 is 1.80 bits per heavy atom. The van der Waals surface area contributed by atoms with Crippen molar-refractivity contribution in [2.24, 2.45) is 0 Å². The average molecular weight is 139 g/mol. The summed E-state index contributed by atoms with van der Waals surface area (Å²) in [5.74, 6) is 0. The minimum atomic E-state index is -0.274. The van der Waals surface area contributed by atoms with Crippen molar-refractivity contribution in [3.05, 3.63) is 28.9 Å². The molecule has 0 amide bonds. The van der Waals surface area contributed by atoms with Crippen LogP contribution in [0.3, 0.4) is 0 Å². The van der Waals surface area contributed by atoms with Crippen molar-refractivity contribution in [2.45, 2.75) is 6.92 Å². The molecular weight excluding hydrogens is 130 g/mol. The highest BCUT2D eigenvalue weighted by molar-refractivity contribution is 4.83. The molecule has 1 N–H and O–H groups in total. The molecule has 4 heteroatoms. The second-order valence-corrected chi connectivity index (χ2v) is 1.78. The highest BCUT2D eigenvalue weighted by atomic mass is 16.1. The molecule has 1 heterocycles. The number of hydrogen-bond donors (Lipinski definition) is 1. The van der Waals surface area contributed by atoms with Crippen molar-refractivity contribution in [3.8, 4) is 0 Å². The van der Waals surface area contributed by atoms with Crippen molar-refractivity contribution in [1.82, 2.24) is 9.66 Å². The summed E-state index contributed by atoms with van der Waals surface area (Å²) in [4.78, 5) is 14.3. The van der Waals surface area contributed by atoms with Gasteiger partial charge in [0, 0.05) is 18.9 Å². The van der Waals surface area contributed by atoms with Gasteiger partial charge in [-0.3, -0.25) is 0 Å². The maximum atomic E-state index is 10.8. The Balaban J connectivity index is 2.92. The molecule has 0 spiro atoms. The van der Waals surface area contributed by atoms with E-state index in [2.05, 4.69) is 10.4 Å². The highest BCUT2D eigenvalue weighted by Gasteiger charge is 1.87. The van der Waals surface area contributed by atoms with Crippen LogP contribution in [0.25, 0.3) is 0 Å². The van der Waals surface area contributed by atoms with E-state index in [1.165, 1.54) is 10.9 Å². The lowest BCUT2D eigenvalue weighted by molar-refractivity contribution is 0.784. The van der Waals surface area contributed by atoms with Gasteiger partial charge in [-0.1, -0.05) is 0 Å². The van der Waals surface area contributed by atoms with Crippen LogP contribution in [0.5, 0.6) is 0 Å². The molecule has 1 aromatic heterocycles. The first-order valence-corrected chi connectivity index (χ1v) is 3.12. The topological polar surface area (TPSA) is 46.9 Å². The Morgan fingerprint density at radius 2 is 2.60 bits per heavy atom. The van der Waals surface area contributed by atoms with Gasteiger partial charge in [0.15, 0.2) is 0 Å². The van der Waals surface area contributed by atoms with Crippen LogP contribution in [0.15, 0.2) is 23.3 Å². The van der Waals surface area contributed by atoms with Crippen LogP contribution in [0.2, 0.25) is 0 Å². The molecule has 10 heavy (non-hydrogen) atoms. The fourth-order valence-electron chi connectivity index (χ4n) is 0.648. The number of aromatic nitrogens is 2. The molecule has 1 aromatic rings. The summed E-state index contributed by atoms with van der Waals surface area (Å²) >= 11 is 0. The Morgan fingerprint density at radius 3 is 3.20 bits per heavy atom. The fourth-order valence-corrected chi connectivity index (χ4v) is 0.648. The van der Waals surface area contributed by atoms with Crippen molar-refractivity contribution in [3.63, 3.8) is 0 Å². The van der Waals surface area contributed by atoms with Gasteiger partial charge in [0.2, 0.25) is 0 Å². The fraction of sp³-hybridized carbons (Fsp3) is 0.333. The van der Waals surface area contributed by atoms with Crippen LogP contribution >= 0.6 is 0 Å². The van der Waals surface area contributed by atoms with Gasteiger partial charge in [0.05, 0.1) is 0 Å². The molecule has 0 saturated carbocycles. The smallest absolute Gasteiger partial charge is 0.322 e.